The van der Waals surface area contributed by atoms with Gasteiger partial charge in [0.2, 0.25) is 0 Å². The third-order valence-electron chi connectivity index (χ3n) is 0. The smallest absolute Gasteiger partial charge is 0 e. The second kappa shape index (κ2) is 17.5. The maximum absolute atomic E-state index is 0. The van der Waals surface area contributed by atoms with Crippen molar-refractivity contribution in [2.75, 3.05) is 0 Å². The summed E-state index contributed by atoms with van der Waals surface area (Å²) in [6.07, 6.45) is 0. The van der Waals surface area contributed by atoms with Gasteiger partial charge in [-0.3, -0.25) is 0 Å². The van der Waals surface area contributed by atoms with Gasteiger partial charge in [-0.25, -0.2) is 0 Å². The van der Waals surface area contributed by atoms with Gasteiger partial charge in [-0.15, -0.1) is 0 Å². The van der Waals surface area contributed by atoms with Crippen molar-refractivity contribution in [3.05, 3.63) is 0 Å². The molecule has 4 heavy (non-hydrogen) atoms. The van der Waals surface area contributed by atoms with E-state index in [0.717, 1.165) is 0 Å². The zero-order valence-electron chi connectivity index (χ0n) is 1.30. The second-order valence-corrected chi connectivity index (χ2v) is 0. The molecule has 0 aliphatic heterocycles. The fraction of sp³-hybridized carbons (Fsp3) is 0. The third-order valence-corrected chi connectivity index (χ3v) is 0. The van der Waals surface area contributed by atoms with Crippen molar-refractivity contribution < 1.29 is 81.1 Å². The minimum atomic E-state index is 0. The second-order valence-electron chi connectivity index (χ2n) is 0. The van der Waals surface area contributed by atoms with Gasteiger partial charge in [0.15, 0.2) is 0 Å². The van der Waals surface area contributed by atoms with Crippen LogP contribution in [-0.4, -0.2) is 0 Å². The Morgan fingerprint density at radius 1 is 1.00 bits per heavy atom. The Balaban J connectivity index is 0. The monoisotopic (exact) mass is 597 g/mol. The molecule has 38 valence electrons. The number of hydrogen-bond donors (Lipinski definition) is 0. The molecule has 0 unspecified atom stereocenters. The van der Waals surface area contributed by atoms with Crippen LogP contribution in [0.25, 0.3) is 0 Å². The first kappa shape index (κ1) is 30.4. The molecular weight excluding hydrogens is 597 g/mol. The maximum atomic E-state index is 0. The molecule has 0 saturated heterocycles. The topological polar surface area (TPSA) is 0 Å². The average molecular weight is 597 g/mol. The Hall–Kier alpha value is 2.62. The average Bonchev–Trinajstić information content (AvgIpc) is 0. The molecule has 0 aliphatic rings. The van der Waals surface area contributed by atoms with Crippen LogP contribution in [0.1, 0.15) is 0 Å². The zero-order chi connectivity index (χ0) is 0. The SMILES string of the molecule is [Ir].[Pd].[Pt].[Rh]. The molecule has 0 aromatic rings. The Bertz CT molecular complexity index is 8.00. The summed E-state index contributed by atoms with van der Waals surface area (Å²) in [7, 11) is 0. The van der Waals surface area contributed by atoms with Crippen LogP contribution in [-0.2, 0) is 81.1 Å². The predicted octanol–water partition coefficient (Wildman–Crippen LogP) is -0.0100. The van der Waals surface area contributed by atoms with Gasteiger partial charge in [0.05, 0.1) is 0 Å². The van der Waals surface area contributed by atoms with Crippen molar-refractivity contribution in [3.63, 3.8) is 0 Å². The molecule has 0 aromatic carbocycles. The first-order valence-electron chi connectivity index (χ1n) is 0. The Labute approximate surface area is 79.9 Å². The van der Waals surface area contributed by atoms with Crippen LogP contribution in [0.15, 0.2) is 0 Å². The summed E-state index contributed by atoms with van der Waals surface area (Å²) in [5, 5.41) is 0. The summed E-state index contributed by atoms with van der Waals surface area (Å²) < 4.78 is 0. The van der Waals surface area contributed by atoms with Gasteiger partial charge < -0.3 is 0 Å². The Morgan fingerprint density at radius 3 is 1.00 bits per heavy atom. The summed E-state index contributed by atoms with van der Waals surface area (Å²) in [6, 6.07) is 0. The van der Waals surface area contributed by atoms with E-state index in [2.05, 4.69) is 0 Å². The largest absolute Gasteiger partial charge is 0 e. The minimum absolute atomic E-state index is 0. The van der Waals surface area contributed by atoms with E-state index in [9.17, 15) is 0 Å². The van der Waals surface area contributed by atoms with Crippen LogP contribution in [0.2, 0.25) is 0 Å². The molecule has 0 N–H and O–H groups in total. The third kappa shape index (κ3) is 8.82. The van der Waals surface area contributed by atoms with Crippen LogP contribution in [0.4, 0.5) is 0 Å². The minimum Gasteiger partial charge on any atom is 0 e. The van der Waals surface area contributed by atoms with Gasteiger partial charge in [-0.2, -0.15) is 0 Å². The quantitative estimate of drug-likeness (QED) is 0.346. The number of rotatable bonds is 0. The van der Waals surface area contributed by atoms with Gasteiger partial charge in [0.25, 0.3) is 0 Å². The van der Waals surface area contributed by atoms with Crippen molar-refractivity contribution >= 4 is 0 Å². The Morgan fingerprint density at radius 2 is 1.00 bits per heavy atom. The van der Waals surface area contributed by atoms with Crippen molar-refractivity contribution in [2.45, 2.75) is 0 Å². The van der Waals surface area contributed by atoms with E-state index >= 15 is 0 Å². The normalized spacial score (nSPS) is 0. The van der Waals surface area contributed by atoms with Gasteiger partial charge in [-0.1, -0.05) is 0 Å². The molecule has 4 heteroatoms. The van der Waals surface area contributed by atoms with Crippen molar-refractivity contribution in [2.24, 2.45) is 0 Å². The summed E-state index contributed by atoms with van der Waals surface area (Å²) in [5.41, 5.74) is 0. The van der Waals surface area contributed by atoms with E-state index < -0.39 is 0 Å². The summed E-state index contributed by atoms with van der Waals surface area (Å²) in [5.74, 6) is 0. The van der Waals surface area contributed by atoms with E-state index in [4.69, 9.17) is 0 Å². The van der Waals surface area contributed by atoms with Crippen LogP contribution < -0.4 is 0 Å². The van der Waals surface area contributed by atoms with E-state index in [-0.39, 0.29) is 81.1 Å². The van der Waals surface area contributed by atoms with Crippen molar-refractivity contribution in [1.82, 2.24) is 0 Å². The molecule has 0 rings (SSSR count). The molecule has 0 atom stereocenters. The van der Waals surface area contributed by atoms with Crippen LogP contribution in [0.3, 0.4) is 0 Å². The molecule has 0 nitrogen and oxygen atoms in total. The molecule has 0 saturated carbocycles. The van der Waals surface area contributed by atoms with Crippen molar-refractivity contribution in [1.29, 1.82) is 0 Å². The molecule has 0 aromatic heterocycles. The zero-order valence-corrected chi connectivity index (χ0v) is 9.16. The van der Waals surface area contributed by atoms with Gasteiger partial charge in [0.1, 0.15) is 0 Å². The van der Waals surface area contributed by atoms with Crippen LogP contribution >= 0.6 is 0 Å². The molecule has 0 amide bonds. The van der Waals surface area contributed by atoms with E-state index in [0.29, 0.717) is 0 Å². The molecule has 0 spiro atoms. The summed E-state index contributed by atoms with van der Waals surface area (Å²) >= 11 is 0. The van der Waals surface area contributed by atoms with Crippen LogP contribution in [0, 0.1) is 0 Å². The van der Waals surface area contributed by atoms with Gasteiger partial charge in [-0.05, 0) is 0 Å². The fourth-order valence-corrected chi connectivity index (χ4v) is 0. The van der Waals surface area contributed by atoms with Gasteiger partial charge >= 0.3 is 0 Å². The fourth-order valence-electron chi connectivity index (χ4n) is 0. The first-order chi connectivity index (χ1) is 0. The molecule has 0 aliphatic carbocycles. The van der Waals surface area contributed by atoms with E-state index in [1.807, 2.05) is 0 Å². The Kier molecular flexibility index (Phi) is 133. The maximum Gasteiger partial charge on any atom is 0 e. The molecule has 0 bridgehead atoms. The van der Waals surface area contributed by atoms with E-state index in [1.165, 1.54) is 0 Å². The first-order valence-corrected chi connectivity index (χ1v) is 0. The molecule has 2 radical (unpaired) electrons. The standard InChI is InChI=1S/Ir.Pd.Pt.Rh. The van der Waals surface area contributed by atoms with Gasteiger partial charge in [0, 0.05) is 81.1 Å². The van der Waals surface area contributed by atoms with E-state index in [1.54, 1.807) is 0 Å². The molecule has 0 heterocycles. The predicted molar refractivity (Wildman–Crippen MR) is 0 cm³/mol. The van der Waals surface area contributed by atoms with Crippen LogP contribution in [0.5, 0.6) is 0 Å². The number of hydrogen-bond acceptors (Lipinski definition) is 0. The van der Waals surface area contributed by atoms with Crippen molar-refractivity contribution in [3.8, 4) is 0 Å². The summed E-state index contributed by atoms with van der Waals surface area (Å²) in [6.45, 7) is 0. The molecular formula is IrPdPtRh. The molecule has 0 fully saturated rings. The summed E-state index contributed by atoms with van der Waals surface area (Å²) in [4.78, 5) is 0.